The van der Waals surface area contributed by atoms with E-state index in [0.29, 0.717) is 11.5 Å². The van der Waals surface area contributed by atoms with E-state index in [1.54, 1.807) is 7.11 Å². The topological polar surface area (TPSA) is 21.3 Å². The Morgan fingerprint density at radius 2 is 2.22 bits per heavy atom. The molecule has 0 bridgehead atoms. The van der Waals surface area contributed by atoms with Crippen molar-refractivity contribution in [1.29, 1.82) is 0 Å². The highest BCUT2D eigenvalue weighted by Crippen LogP contribution is 2.41. The number of ether oxygens (including phenoxy) is 1. The van der Waals surface area contributed by atoms with Crippen LogP contribution in [0.25, 0.3) is 0 Å². The van der Waals surface area contributed by atoms with Crippen molar-refractivity contribution in [2.75, 3.05) is 13.7 Å². The lowest BCUT2D eigenvalue weighted by Gasteiger charge is -2.39. The number of nitrogens with one attached hydrogen (secondary N) is 1. The van der Waals surface area contributed by atoms with Crippen molar-refractivity contribution in [1.82, 2.24) is 5.32 Å². The molecule has 1 aromatic rings. The lowest BCUT2D eigenvalue weighted by Crippen LogP contribution is -2.38. The summed E-state index contributed by atoms with van der Waals surface area (Å²) in [5.74, 6) is 0.984. The number of fused-ring (bicyclic) bond motifs is 1. The lowest BCUT2D eigenvalue weighted by atomic mass is 9.70. The summed E-state index contributed by atoms with van der Waals surface area (Å²) < 4.78 is 5.34. The molecular formula is C16H23NO. The smallest absolute Gasteiger partial charge is 0.119 e. The molecule has 2 heteroatoms. The van der Waals surface area contributed by atoms with Gasteiger partial charge in [-0.15, -0.1) is 0 Å². The van der Waals surface area contributed by atoms with Crippen LogP contribution < -0.4 is 10.1 Å². The summed E-state index contributed by atoms with van der Waals surface area (Å²) in [7, 11) is 1.74. The van der Waals surface area contributed by atoms with Gasteiger partial charge in [-0.1, -0.05) is 19.4 Å². The summed E-state index contributed by atoms with van der Waals surface area (Å²) in [5, 5.41) is 3.78. The van der Waals surface area contributed by atoms with Gasteiger partial charge in [0.15, 0.2) is 0 Å². The first-order chi connectivity index (χ1) is 8.70. The minimum absolute atomic E-state index is 0.535. The molecule has 0 aromatic heterocycles. The molecular weight excluding hydrogens is 222 g/mol. The molecule has 1 atom stereocenters. The predicted octanol–water partition coefficient (Wildman–Crippen LogP) is 3.46. The third-order valence-corrected chi connectivity index (χ3v) is 4.77. The van der Waals surface area contributed by atoms with Gasteiger partial charge in [-0.2, -0.15) is 0 Å². The molecule has 0 aliphatic heterocycles. The van der Waals surface area contributed by atoms with Crippen molar-refractivity contribution in [3.8, 4) is 5.75 Å². The maximum Gasteiger partial charge on any atom is 0.119 e. The number of aryl methyl sites for hydroxylation is 1. The first-order valence-electron chi connectivity index (χ1n) is 7.10. The molecule has 2 nitrogen and oxygen atoms in total. The maximum absolute atomic E-state index is 5.34. The molecule has 0 radical (unpaired) electrons. The van der Waals surface area contributed by atoms with Crippen LogP contribution in [0.5, 0.6) is 5.75 Å². The van der Waals surface area contributed by atoms with Gasteiger partial charge in [0.1, 0.15) is 5.75 Å². The monoisotopic (exact) mass is 245 g/mol. The molecule has 0 amide bonds. The average Bonchev–Trinajstić information content (AvgIpc) is 2.76. The van der Waals surface area contributed by atoms with Gasteiger partial charge in [0, 0.05) is 12.6 Å². The highest BCUT2D eigenvalue weighted by molar-refractivity contribution is 5.40. The standard InChI is InChI=1S/C16H23NO/c1-16(8-3-9-16)11-17-15-7-5-12-4-6-13(18-2)10-14(12)15/h4,6,10,15,17H,3,5,7-9,11H2,1-2H3. The third kappa shape index (κ3) is 2.14. The van der Waals surface area contributed by atoms with E-state index in [9.17, 15) is 0 Å². The number of benzene rings is 1. The third-order valence-electron chi connectivity index (χ3n) is 4.77. The lowest BCUT2D eigenvalue weighted by molar-refractivity contribution is 0.150. The Morgan fingerprint density at radius 1 is 1.39 bits per heavy atom. The van der Waals surface area contributed by atoms with Gasteiger partial charge in [-0.25, -0.2) is 0 Å². The van der Waals surface area contributed by atoms with E-state index in [1.165, 1.54) is 43.2 Å². The predicted molar refractivity (Wildman–Crippen MR) is 74.0 cm³/mol. The summed E-state index contributed by atoms with van der Waals surface area (Å²) in [5.41, 5.74) is 3.51. The summed E-state index contributed by atoms with van der Waals surface area (Å²) >= 11 is 0. The number of methoxy groups -OCH3 is 1. The van der Waals surface area contributed by atoms with Crippen LogP contribution in [-0.2, 0) is 6.42 Å². The summed E-state index contributed by atoms with van der Waals surface area (Å²) in [4.78, 5) is 0. The molecule has 0 spiro atoms. The summed E-state index contributed by atoms with van der Waals surface area (Å²) in [6, 6.07) is 7.05. The number of rotatable bonds is 4. The van der Waals surface area contributed by atoms with Crippen LogP contribution in [-0.4, -0.2) is 13.7 Å². The zero-order chi connectivity index (χ0) is 12.6. The van der Waals surface area contributed by atoms with Crippen LogP contribution in [0.2, 0.25) is 0 Å². The maximum atomic E-state index is 5.34. The molecule has 0 heterocycles. The van der Waals surface area contributed by atoms with E-state index in [0.717, 1.165) is 12.3 Å². The van der Waals surface area contributed by atoms with Crippen LogP contribution in [0.15, 0.2) is 18.2 Å². The number of hydrogen-bond acceptors (Lipinski definition) is 2. The second-order valence-corrected chi connectivity index (χ2v) is 6.20. The second-order valence-electron chi connectivity index (χ2n) is 6.20. The quantitative estimate of drug-likeness (QED) is 0.877. The second kappa shape index (κ2) is 4.58. The Hall–Kier alpha value is -1.02. The van der Waals surface area contributed by atoms with Gasteiger partial charge in [0.2, 0.25) is 0 Å². The van der Waals surface area contributed by atoms with Gasteiger partial charge >= 0.3 is 0 Å². The normalized spacial score (nSPS) is 24.4. The molecule has 3 rings (SSSR count). The first-order valence-corrected chi connectivity index (χ1v) is 7.10. The van der Waals surface area contributed by atoms with Crippen LogP contribution in [0.3, 0.4) is 0 Å². The molecule has 2 aliphatic carbocycles. The van der Waals surface area contributed by atoms with Crippen LogP contribution in [0.4, 0.5) is 0 Å². The zero-order valence-corrected chi connectivity index (χ0v) is 11.5. The fourth-order valence-electron chi connectivity index (χ4n) is 3.25. The molecule has 1 saturated carbocycles. The Balaban J connectivity index is 1.69. The molecule has 0 saturated heterocycles. The molecule has 98 valence electrons. The van der Waals surface area contributed by atoms with E-state index in [2.05, 4.69) is 30.4 Å². The Bertz CT molecular complexity index is 437. The van der Waals surface area contributed by atoms with Crippen LogP contribution in [0.1, 0.15) is 49.8 Å². The molecule has 2 aliphatic rings. The molecule has 1 fully saturated rings. The van der Waals surface area contributed by atoms with Gasteiger partial charge < -0.3 is 10.1 Å². The van der Waals surface area contributed by atoms with Crippen molar-refractivity contribution < 1.29 is 4.74 Å². The van der Waals surface area contributed by atoms with Crippen LogP contribution >= 0.6 is 0 Å². The molecule has 1 N–H and O–H groups in total. The molecule has 18 heavy (non-hydrogen) atoms. The van der Waals surface area contributed by atoms with E-state index >= 15 is 0 Å². The van der Waals surface area contributed by atoms with Gasteiger partial charge in [-0.05, 0) is 54.4 Å². The molecule has 1 aromatic carbocycles. The zero-order valence-electron chi connectivity index (χ0n) is 11.5. The first kappa shape index (κ1) is 12.0. The van der Waals surface area contributed by atoms with E-state index in [4.69, 9.17) is 4.74 Å². The van der Waals surface area contributed by atoms with E-state index in [1.807, 2.05) is 0 Å². The Labute approximate surface area is 110 Å². The van der Waals surface area contributed by atoms with Crippen molar-refractivity contribution in [2.45, 2.75) is 45.1 Å². The fourth-order valence-corrected chi connectivity index (χ4v) is 3.25. The van der Waals surface area contributed by atoms with Gasteiger partial charge in [0.05, 0.1) is 7.11 Å². The Kier molecular flexibility index (Phi) is 3.06. The van der Waals surface area contributed by atoms with Crippen molar-refractivity contribution in [3.63, 3.8) is 0 Å². The van der Waals surface area contributed by atoms with Crippen molar-refractivity contribution >= 4 is 0 Å². The average molecular weight is 245 g/mol. The van der Waals surface area contributed by atoms with E-state index in [-0.39, 0.29) is 0 Å². The minimum atomic E-state index is 0.535. The van der Waals surface area contributed by atoms with Crippen molar-refractivity contribution in [2.24, 2.45) is 5.41 Å². The Morgan fingerprint density at radius 3 is 2.89 bits per heavy atom. The summed E-state index contributed by atoms with van der Waals surface area (Å²) in [6.45, 7) is 3.57. The van der Waals surface area contributed by atoms with Crippen molar-refractivity contribution in [3.05, 3.63) is 29.3 Å². The summed E-state index contributed by atoms with van der Waals surface area (Å²) in [6.07, 6.45) is 6.62. The van der Waals surface area contributed by atoms with E-state index < -0.39 is 0 Å². The minimum Gasteiger partial charge on any atom is -0.497 e. The van der Waals surface area contributed by atoms with Gasteiger partial charge in [-0.3, -0.25) is 0 Å². The number of hydrogen-bond donors (Lipinski definition) is 1. The SMILES string of the molecule is COc1ccc2c(c1)C(NCC1(C)CCC1)CC2. The highest BCUT2D eigenvalue weighted by atomic mass is 16.5. The van der Waals surface area contributed by atoms with Gasteiger partial charge in [0.25, 0.3) is 0 Å². The van der Waals surface area contributed by atoms with Crippen LogP contribution in [0, 0.1) is 5.41 Å². The largest absolute Gasteiger partial charge is 0.497 e. The highest BCUT2D eigenvalue weighted by Gasteiger charge is 2.33. The fraction of sp³-hybridized carbons (Fsp3) is 0.625. The molecule has 1 unspecified atom stereocenters.